The SMILES string of the molecule is C=CCC(C)CC1CC1CC=CCCCCCC. The molecule has 0 spiro atoms. The van der Waals surface area contributed by atoms with Crippen LogP contribution in [0.1, 0.15) is 71.6 Å². The van der Waals surface area contributed by atoms with Gasteiger partial charge >= 0.3 is 0 Å². The lowest BCUT2D eigenvalue weighted by Crippen LogP contribution is -1.95. The van der Waals surface area contributed by atoms with E-state index in [0.29, 0.717) is 0 Å². The topological polar surface area (TPSA) is 0 Å². The number of allylic oxidation sites excluding steroid dienone is 3. The van der Waals surface area contributed by atoms with Gasteiger partial charge in [-0.3, -0.25) is 0 Å². The summed E-state index contributed by atoms with van der Waals surface area (Å²) in [6.07, 6.45) is 19.2. The summed E-state index contributed by atoms with van der Waals surface area (Å²) in [5, 5.41) is 0. The molecule has 0 heterocycles. The highest BCUT2D eigenvalue weighted by molar-refractivity contribution is 4.94. The molecule has 1 fully saturated rings. The average Bonchev–Trinajstić information content (AvgIpc) is 3.06. The maximum atomic E-state index is 3.83. The van der Waals surface area contributed by atoms with E-state index < -0.39 is 0 Å². The van der Waals surface area contributed by atoms with Gasteiger partial charge in [0.1, 0.15) is 0 Å². The number of unbranched alkanes of at least 4 members (excludes halogenated alkanes) is 4. The van der Waals surface area contributed by atoms with Crippen LogP contribution in [-0.2, 0) is 0 Å². The Morgan fingerprint density at radius 2 is 2.00 bits per heavy atom. The molecule has 0 aromatic carbocycles. The van der Waals surface area contributed by atoms with Crippen LogP contribution in [0, 0.1) is 17.8 Å². The molecule has 3 atom stereocenters. The quantitative estimate of drug-likeness (QED) is 0.304. The Balaban J connectivity index is 1.95. The van der Waals surface area contributed by atoms with E-state index in [1.807, 2.05) is 0 Å². The van der Waals surface area contributed by atoms with Crippen LogP contribution in [0.25, 0.3) is 0 Å². The number of hydrogen-bond acceptors (Lipinski definition) is 0. The molecule has 104 valence electrons. The molecule has 0 nitrogen and oxygen atoms in total. The summed E-state index contributed by atoms with van der Waals surface area (Å²) in [5.41, 5.74) is 0. The first-order valence-electron chi connectivity index (χ1n) is 8.03. The molecule has 0 amide bonds. The third-order valence-corrected chi connectivity index (χ3v) is 4.17. The molecule has 1 rings (SSSR count). The van der Waals surface area contributed by atoms with E-state index in [-0.39, 0.29) is 0 Å². The summed E-state index contributed by atoms with van der Waals surface area (Å²) in [5.74, 6) is 2.87. The van der Waals surface area contributed by atoms with Gasteiger partial charge in [-0.25, -0.2) is 0 Å². The summed E-state index contributed by atoms with van der Waals surface area (Å²) in [4.78, 5) is 0. The van der Waals surface area contributed by atoms with Crippen LogP contribution in [0.5, 0.6) is 0 Å². The van der Waals surface area contributed by atoms with Gasteiger partial charge in [0, 0.05) is 0 Å². The van der Waals surface area contributed by atoms with Crippen LogP contribution >= 0.6 is 0 Å². The van der Waals surface area contributed by atoms with Crippen molar-refractivity contribution in [1.82, 2.24) is 0 Å². The highest BCUT2D eigenvalue weighted by atomic mass is 14.4. The summed E-state index contributed by atoms with van der Waals surface area (Å²) in [6, 6.07) is 0. The third kappa shape index (κ3) is 7.03. The molecular weight excluding hydrogens is 216 g/mol. The minimum Gasteiger partial charge on any atom is -0.103 e. The molecule has 1 aliphatic rings. The van der Waals surface area contributed by atoms with Gasteiger partial charge in [0.25, 0.3) is 0 Å². The zero-order chi connectivity index (χ0) is 13.2. The first-order chi connectivity index (χ1) is 8.77. The molecule has 18 heavy (non-hydrogen) atoms. The lowest BCUT2D eigenvalue weighted by molar-refractivity contribution is 0.481. The fourth-order valence-corrected chi connectivity index (χ4v) is 2.86. The van der Waals surface area contributed by atoms with Crippen molar-refractivity contribution >= 4 is 0 Å². The minimum atomic E-state index is 0.843. The minimum absolute atomic E-state index is 0.843. The largest absolute Gasteiger partial charge is 0.103 e. The summed E-state index contributed by atoms with van der Waals surface area (Å²) in [6.45, 7) is 8.46. The van der Waals surface area contributed by atoms with E-state index in [4.69, 9.17) is 0 Å². The smallest absolute Gasteiger partial charge is 0.0319 e. The molecule has 1 saturated carbocycles. The second-order valence-corrected chi connectivity index (χ2v) is 6.18. The molecule has 0 N–H and O–H groups in total. The summed E-state index contributed by atoms with van der Waals surface area (Å²) in [7, 11) is 0. The summed E-state index contributed by atoms with van der Waals surface area (Å²) >= 11 is 0. The molecule has 0 aromatic heterocycles. The van der Waals surface area contributed by atoms with E-state index in [2.05, 4.69) is 38.7 Å². The number of hydrogen-bond donors (Lipinski definition) is 0. The molecule has 0 aliphatic heterocycles. The Labute approximate surface area is 115 Å². The third-order valence-electron chi connectivity index (χ3n) is 4.17. The Morgan fingerprint density at radius 1 is 1.17 bits per heavy atom. The van der Waals surface area contributed by atoms with Gasteiger partial charge in [0.2, 0.25) is 0 Å². The van der Waals surface area contributed by atoms with Crippen molar-refractivity contribution in [3.8, 4) is 0 Å². The van der Waals surface area contributed by atoms with Crippen molar-refractivity contribution in [3.63, 3.8) is 0 Å². The standard InChI is InChI=1S/C18H32/c1-4-6-7-8-9-10-11-13-17-15-18(17)14-16(3)12-5-2/h5,10-11,16-18H,2,4,6-9,12-15H2,1,3H3. The van der Waals surface area contributed by atoms with Gasteiger partial charge in [-0.1, -0.05) is 51.3 Å². The average molecular weight is 248 g/mol. The van der Waals surface area contributed by atoms with Gasteiger partial charge in [0.15, 0.2) is 0 Å². The van der Waals surface area contributed by atoms with Crippen molar-refractivity contribution < 1.29 is 0 Å². The van der Waals surface area contributed by atoms with E-state index in [1.54, 1.807) is 0 Å². The molecule has 0 aromatic rings. The Bertz CT molecular complexity index is 238. The maximum absolute atomic E-state index is 3.83. The van der Waals surface area contributed by atoms with E-state index >= 15 is 0 Å². The lowest BCUT2D eigenvalue weighted by atomic mass is 9.99. The maximum Gasteiger partial charge on any atom is -0.0319 e. The van der Waals surface area contributed by atoms with Gasteiger partial charge < -0.3 is 0 Å². The van der Waals surface area contributed by atoms with Crippen molar-refractivity contribution in [2.24, 2.45) is 17.8 Å². The van der Waals surface area contributed by atoms with E-state index in [1.165, 1.54) is 57.8 Å². The predicted octanol–water partition coefficient (Wildman–Crippen LogP) is 6.14. The second-order valence-electron chi connectivity index (χ2n) is 6.18. The van der Waals surface area contributed by atoms with Crippen molar-refractivity contribution in [1.29, 1.82) is 0 Å². The van der Waals surface area contributed by atoms with Gasteiger partial charge in [-0.15, -0.1) is 6.58 Å². The summed E-state index contributed by atoms with van der Waals surface area (Å²) < 4.78 is 0. The van der Waals surface area contributed by atoms with Gasteiger partial charge in [-0.05, 0) is 56.3 Å². The fraction of sp³-hybridized carbons (Fsp3) is 0.778. The number of rotatable bonds is 11. The highest BCUT2D eigenvalue weighted by Gasteiger charge is 2.35. The molecule has 0 radical (unpaired) electrons. The zero-order valence-corrected chi connectivity index (χ0v) is 12.5. The zero-order valence-electron chi connectivity index (χ0n) is 12.5. The van der Waals surface area contributed by atoms with Crippen molar-refractivity contribution in [3.05, 3.63) is 24.8 Å². The first-order valence-corrected chi connectivity index (χ1v) is 8.03. The van der Waals surface area contributed by atoms with Crippen LogP contribution < -0.4 is 0 Å². The molecule has 1 aliphatic carbocycles. The van der Waals surface area contributed by atoms with Gasteiger partial charge in [-0.2, -0.15) is 0 Å². The Kier molecular flexibility index (Phi) is 8.13. The monoisotopic (exact) mass is 248 g/mol. The van der Waals surface area contributed by atoms with Crippen molar-refractivity contribution in [2.45, 2.75) is 71.6 Å². The van der Waals surface area contributed by atoms with Crippen LogP contribution in [0.3, 0.4) is 0 Å². The molecule has 0 heteroatoms. The molecule has 3 unspecified atom stereocenters. The fourth-order valence-electron chi connectivity index (χ4n) is 2.86. The van der Waals surface area contributed by atoms with Crippen LogP contribution in [0.15, 0.2) is 24.8 Å². The predicted molar refractivity (Wildman–Crippen MR) is 82.7 cm³/mol. The van der Waals surface area contributed by atoms with E-state index in [9.17, 15) is 0 Å². The van der Waals surface area contributed by atoms with Crippen LogP contribution in [0.2, 0.25) is 0 Å². The molecule has 0 bridgehead atoms. The normalized spacial score (nSPS) is 24.3. The van der Waals surface area contributed by atoms with Crippen molar-refractivity contribution in [2.75, 3.05) is 0 Å². The van der Waals surface area contributed by atoms with Gasteiger partial charge in [0.05, 0.1) is 0 Å². The van der Waals surface area contributed by atoms with Crippen LogP contribution in [-0.4, -0.2) is 0 Å². The van der Waals surface area contributed by atoms with E-state index in [0.717, 1.165) is 17.8 Å². The lowest BCUT2D eigenvalue weighted by Gasteiger charge is -2.06. The Hall–Kier alpha value is -0.520. The van der Waals surface area contributed by atoms with Crippen LogP contribution in [0.4, 0.5) is 0 Å². The highest BCUT2D eigenvalue weighted by Crippen LogP contribution is 2.46. The first kappa shape index (κ1) is 15.5. The molecule has 0 saturated heterocycles. The molecular formula is C18H32. The second kappa shape index (κ2) is 9.42. The Morgan fingerprint density at radius 3 is 2.72 bits per heavy atom.